The SMILES string of the molecule is ClC(c1ccc(-c2ccccc2)cc1)c1cccs1. The molecule has 0 N–H and O–H groups in total. The Morgan fingerprint density at radius 2 is 1.42 bits per heavy atom. The van der Waals surface area contributed by atoms with Crippen LogP contribution in [0, 0.1) is 0 Å². The third kappa shape index (κ3) is 2.73. The lowest BCUT2D eigenvalue weighted by molar-refractivity contribution is 1.19. The van der Waals surface area contributed by atoms with Gasteiger partial charge in [0.1, 0.15) is 0 Å². The molecule has 94 valence electrons. The Balaban J connectivity index is 1.87. The van der Waals surface area contributed by atoms with Crippen molar-refractivity contribution >= 4 is 22.9 Å². The van der Waals surface area contributed by atoms with Gasteiger partial charge in [-0.2, -0.15) is 0 Å². The Hall–Kier alpha value is -1.57. The van der Waals surface area contributed by atoms with Crippen molar-refractivity contribution in [3.8, 4) is 11.1 Å². The highest BCUT2D eigenvalue weighted by molar-refractivity contribution is 7.10. The molecule has 1 heterocycles. The average molecular weight is 285 g/mol. The first-order chi connectivity index (χ1) is 9.34. The summed E-state index contributed by atoms with van der Waals surface area (Å²) < 4.78 is 0. The lowest BCUT2D eigenvalue weighted by Crippen LogP contribution is -1.89. The van der Waals surface area contributed by atoms with Crippen LogP contribution in [0.4, 0.5) is 0 Å². The average Bonchev–Trinajstić information content (AvgIpc) is 3.02. The molecule has 0 saturated carbocycles. The predicted octanol–water partition coefficient (Wildman–Crippen LogP) is 5.74. The third-order valence-corrected chi connectivity index (χ3v) is 4.66. The molecule has 0 amide bonds. The largest absolute Gasteiger partial charge is 0.147 e. The molecular weight excluding hydrogens is 272 g/mol. The van der Waals surface area contributed by atoms with Crippen molar-refractivity contribution in [2.24, 2.45) is 0 Å². The van der Waals surface area contributed by atoms with E-state index in [1.54, 1.807) is 11.3 Å². The van der Waals surface area contributed by atoms with Crippen molar-refractivity contribution in [3.63, 3.8) is 0 Å². The van der Waals surface area contributed by atoms with Gasteiger partial charge in [-0.1, -0.05) is 60.7 Å². The van der Waals surface area contributed by atoms with E-state index < -0.39 is 0 Å². The van der Waals surface area contributed by atoms with E-state index in [0.717, 1.165) is 5.56 Å². The molecule has 0 aliphatic heterocycles. The highest BCUT2D eigenvalue weighted by Crippen LogP contribution is 2.32. The maximum atomic E-state index is 6.48. The van der Waals surface area contributed by atoms with Crippen LogP contribution >= 0.6 is 22.9 Å². The Bertz CT molecular complexity index is 627. The molecule has 0 aliphatic rings. The highest BCUT2D eigenvalue weighted by Gasteiger charge is 2.11. The number of hydrogen-bond acceptors (Lipinski definition) is 1. The Morgan fingerprint density at radius 1 is 0.737 bits per heavy atom. The number of hydrogen-bond donors (Lipinski definition) is 0. The molecule has 1 unspecified atom stereocenters. The zero-order chi connectivity index (χ0) is 13.1. The van der Waals surface area contributed by atoms with Crippen molar-refractivity contribution in [1.29, 1.82) is 0 Å². The fourth-order valence-corrected chi connectivity index (χ4v) is 3.17. The molecule has 1 atom stereocenters. The molecule has 0 aliphatic carbocycles. The fourth-order valence-electron chi connectivity index (χ4n) is 2.07. The third-order valence-electron chi connectivity index (χ3n) is 3.10. The molecule has 19 heavy (non-hydrogen) atoms. The molecule has 0 saturated heterocycles. The predicted molar refractivity (Wildman–Crippen MR) is 83.9 cm³/mol. The summed E-state index contributed by atoms with van der Waals surface area (Å²) in [4.78, 5) is 1.19. The first-order valence-electron chi connectivity index (χ1n) is 6.17. The topological polar surface area (TPSA) is 0 Å². The van der Waals surface area contributed by atoms with Gasteiger partial charge in [0.05, 0.1) is 5.38 Å². The first kappa shape index (κ1) is 12.5. The van der Waals surface area contributed by atoms with Gasteiger partial charge in [-0.05, 0) is 28.1 Å². The molecule has 2 heteroatoms. The van der Waals surface area contributed by atoms with Gasteiger partial charge in [-0.3, -0.25) is 0 Å². The van der Waals surface area contributed by atoms with Crippen molar-refractivity contribution in [2.45, 2.75) is 5.38 Å². The maximum absolute atomic E-state index is 6.48. The maximum Gasteiger partial charge on any atom is 0.0927 e. The van der Waals surface area contributed by atoms with E-state index in [4.69, 9.17) is 11.6 Å². The summed E-state index contributed by atoms with van der Waals surface area (Å²) in [5.41, 5.74) is 3.60. The van der Waals surface area contributed by atoms with Crippen molar-refractivity contribution in [3.05, 3.63) is 82.6 Å². The number of thiophene rings is 1. The van der Waals surface area contributed by atoms with Crippen LogP contribution in [0.1, 0.15) is 15.8 Å². The standard InChI is InChI=1S/C17H13ClS/c18-17(16-7-4-12-19-16)15-10-8-14(9-11-15)13-5-2-1-3-6-13/h1-12,17H. The second-order valence-corrected chi connectivity index (χ2v) is 5.78. The van der Waals surface area contributed by atoms with E-state index in [2.05, 4.69) is 60.0 Å². The Kier molecular flexibility index (Phi) is 3.67. The zero-order valence-electron chi connectivity index (χ0n) is 10.3. The van der Waals surface area contributed by atoms with E-state index in [1.807, 2.05) is 12.1 Å². The van der Waals surface area contributed by atoms with Crippen LogP contribution in [0.2, 0.25) is 0 Å². The summed E-state index contributed by atoms with van der Waals surface area (Å²) in [6, 6.07) is 23.0. The van der Waals surface area contributed by atoms with Crippen LogP contribution in [0.15, 0.2) is 72.1 Å². The lowest BCUT2D eigenvalue weighted by Gasteiger charge is -2.09. The van der Waals surface area contributed by atoms with Crippen molar-refractivity contribution in [2.75, 3.05) is 0 Å². The summed E-state index contributed by atoms with van der Waals surface area (Å²) >= 11 is 8.18. The van der Waals surface area contributed by atoms with Gasteiger partial charge < -0.3 is 0 Å². The molecule has 0 radical (unpaired) electrons. The van der Waals surface area contributed by atoms with Crippen LogP contribution in [-0.4, -0.2) is 0 Å². The Morgan fingerprint density at radius 3 is 2.05 bits per heavy atom. The van der Waals surface area contributed by atoms with Gasteiger partial charge in [0.25, 0.3) is 0 Å². The van der Waals surface area contributed by atoms with Gasteiger partial charge in [0.2, 0.25) is 0 Å². The molecule has 0 nitrogen and oxygen atoms in total. The molecule has 0 fully saturated rings. The fraction of sp³-hybridized carbons (Fsp3) is 0.0588. The van der Waals surface area contributed by atoms with E-state index in [-0.39, 0.29) is 5.38 Å². The minimum absolute atomic E-state index is 0.0511. The van der Waals surface area contributed by atoms with Crippen molar-refractivity contribution in [1.82, 2.24) is 0 Å². The molecule has 3 aromatic rings. The van der Waals surface area contributed by atoms with Gasteiger partial charge in [-0.15, -0.1) is 22.9 Å². The van der Waals surface area contributed by atoms with Gasteiger partial charge in [0, 0.05) is 4.88 Å². The molecule has 0 bridgehead atoms. The van der Waals surface area contributed by atoms with E-state index in [9.17, 15) is 0 Å². The molecule has 0 spiro atoms. The monoisotopic (exact) mass is 284 g/mol. The minimum Gasteiger partial charge on any atom is -0.147 e. The minimum atomic E-state index is -0.0511. The summed E-state index contributed by atoms with van der Waals surface area (Å²) in [7, 11) is 0. The summed E-state index contributed by atoms with van der Waals surface area (Å²) in [5.74, 6) is 0. The number of benzene rings is 2. The highest BCUT2D eigenvalue weighted by atomic mass is 35.5. The summed E-state index contributed by atoms with van der Waals surface area (Å²) in [6.07, 6.45) is 0. The van der Waals surface area contributed by atoms with Crippen molar-refractivity contribution < 1.29 is 0 Å². The van der Waals surface area contributed by atoms with Crippen LogP contribution in [0.5, 0.6) is 0 Å². The second kappa shape index (κ2) is 5.60. The molecule has 3 rings (SSSR count). The molecular formula is C17H13ClS. The number of rotatable bonds is 3. The molecule has 1 aromatic heterocycles. The van der Waals surface area contributed by atoms with Crippen LogP contribution < -0.4 is 0 Å². The molecule has 2 aromatic carbocycles. The number of alkyl halides is 1. The van der Waals surface area contributed by atoms with Crippen LogP contribution in [0.3, 0.4) is 0 Å². The van der Waals surface area contributed by atoms with Gasteiger partial charge in [-0.25, -0.2) is 0 Å². The van der Waals surface area contributed by atoms with Crippen LogP contribution in [-0.2, 0) is 0 Å². The lowest BCUT2D eigenvalue weighted by atomic mass is 10.0. The first-order valence-corrected chi connectivity index (χ1v) is 7.49. The van der Waals surface area contributed by atoms with E-state index in [0.29, 0.717) is 0 Å². The van der Waals surface area contributed by atoms with E-state index >= 15 is 0 Å². The summed E-state index contributed by atoms with van der Waals surface area (Å²) in [6.45, 7) is 0. The van der Waals surface area contributed by atoms with Gasteiger partial charge in [0.15, 0.2) is 0 Å². The zero-order valence-corrected chi connectivity index (χ0v) is 11.9. The summed E-state index contributed by atoms with van der Waals surface area (Å²) in [5, 5.41) is 2.01. The quantitative estimate of drug-likeness (QED) is 0.538. The number of halogens is 1. The smallest absolute Gasteiger partial charge is 0.0927 e. The second-order valence-electron chi connectivity index (χ2n) is 4.37. The van der Waals surface area contributed by atoms with Crippen LogP contribution in [0.25, 0.3) is 11.1 Å². The van der Waals surface area contributed by atoms with E-state index in [1.165, 1.54) is 16.0 Å². The van der Waals surface area contributed by atoms with Gasteiger partial charge >= 0.3 is 0 Å². The normalized spacial score (nSPS) is 12.3. The Labute approximate surface area is 122 Å².